The molecule has 0 saturated carbocycles. The minimum absolute atomic E-state index is 0.0287. The first-order chi connectivity index (χ1) is 10.1. The van der Waals surface area contributed by atoms with Gasteiger partial charge in [0.25, 0.3) is 0 Å². The van der Waals surface area contributed by atoms with Crippen molar-refractivity contribution in [2.45, 2.75) is 18.5 Å². The van der Waals surface area contributed by atoms with Gasteiger partial charge in [-0.2, -0.15) is 0 Å². The number of aryl methyl sites for hydroxylation is 1. The van der Waals surface area contributed by atoms with E-state index in [4.69, 9.17) is 9.84 Å². The summed E-state index contributed by atoms with van der Waals surface area (Å²) in [5.74, 6) is 0.646. The Bertz CT molecular complexity index is 585. The molecule has 110 valence electrons. The van der Waals surface area contributed by atoms with Crippen LogP contribution >= 0.6 is 11.8 Å². The van der Waals surface area contributed by atoms with Gasteiger partial charge in [0.05, 0.1) is 13.0 Å². The second-order valence-corrected chi connectivity index (χ2v) is 5.52. The van der Waals surface area contributed by atoms with Crippen LogP contribution in [-0.4, -0.2) is 33.4 Å². The fourth-order valence-corrected chi connectivity index (χ4v) is 2.23. The molecular weight excluding hydrogens is 288 g/mol. The lowest BCUT2D eigenvalue weighted by atomic mass is 10.1. The Morgan fingerprint density at radius 2 is 1.90 bits per heavy atom. The van der Waals surface area contributed by atoms with Gasteiger partial charge in [0, 0.05) is 18.1 Å². The Morgan fingerprint density at radius 3 is 2.52 bits per heavy atom. The van der Waals surface area contributed by atoms with Gasteiger partial charge in [0.1, 0.15) is 5.75 Å². The molecule has 0 aliphatic rings. The van der Waals surface area contributed by atoms with Crippen LogP contribution in [0.5, 0.6) is 5.75 Å². The number of carboxylic acid groups (broad SMARTS) is 1. The summed E-state index contributed by atoms with van der Waals surface area (Å²) in [6, 6.07) is 7.09. The van der Waals surface area contributed by atoms with Crippen molar-refractivity contribution in [1.82, 2.24) is 9.97 Å². The number of nitrogens with zero attached hydrogens (tertiary/aromatic N) is 2. The number of ether oxygens (including phenoxy) is 1. The Kier molecular flexibility index (Phi) is 5.57. The predicted molar refractivity (Wildman–Crippen MR) is 80.8 cm³/mol. The third-order valence-corrected chi connectivity index (χ3v) is 3.46. The van der Waals surface area contributed by atoms with Gasteiger partial charge in [-0.15, -0.1) is 0 Å². The molecule has 0 amide bonds. The minimum Gasteiger partial charge on any atom is -0.493 e. The molecule has 0 bridgehead atoms. The topological polar surface area (TPSA) is 72.3 Å². The average molecular weight is 304 g/mol. The van der Waals surface area contributed by atoms with Crippen molar-refractivity contribution in [3.63, 3.8) is 0 Å². The molecule has 0 aliphatic heterocycles. The highest BCUT2D eigenvalue weighted by atomic mass is 32.2. The number of benzene rings is 1. The van der Waals surface area contributed by atoms with E-state index in [2.05, 4.69) is 9.97 Å². The van der Waals surface area contributed by atoms with Crippen LogP contribution in [0.15, 0.2) is 41.8 Å². The lowest BCUT2D eigenvalue weighted by Crippen LogP contribution is -2.02. The molecule has 0 fully saturated rings. The molecule has 0 radical (unpaired) electrons. The van der Waals surface area contributed by atoms with Crippen molar-refractivity contribution in [1.29, 1.82) is 0 Å². The molecule has 6 heteroatoms. The molecule has 1 N–H and O–H groups in total. The summed E-state index contributed by atoms with van der Waals surface area (Å²) in [5.41, 5.74) is 1.80. The molecule has 0 spiro atoms. The van der Waals surface area contributed by atoms with E-state index in [0.29, 0.717) is 6.61 Å². The number of rotatable bonds is 7. The summed E-state index contributed by atoms with van der Waals surface area (Å²) < 4.78 is 5.59. The molecule has 1 heterocycles. The van der Waals surface area contributed by atoms with Crippen molar-refractivity contribution in [2.75, 3.05) is 12.4 Å². The van der Waals surface area contributed by atoms with Crippen LogP contribution in [0.2, 0.25) is 0 Å². The fraction of sp³-hybridized carbons (Fsp3) is 0.267. The average Bonchev–Trinajstić information content (AvgIpc) is 2.46. The van der Waals surface area contributed by atoms with E-state index < -0.39 is 5.97 Å². The van der Waals surface area contributed by atoms with E-state index in [9.17, 15) is 4.79 Å². The van der Waals surface area contributed by atoms with E-state index in [1.807, 2.05) is 6.92 Å². The Morgan fingerprint density at radius 1 is 1.24 bits per heavy atom. The Hall–Kier alpha value is -2.08. The van der Waals surface area contributed by atoms with Crippen LogP contribution in [0.3, 0.4) is 0 Å². The van der Waals surface area contributed by atoms with Crippen LogP contribution in [0, 0.1) is 6.92 Å². The standard InChI is InChI=1S/C15H16N2O3S/c1-11-9-16-15(17-10-11)21-7-6-20-13-4-2-12(3-5-13)8-14(18)19/h2-5,9-10H,6-8H2,1H3,(H,18,19). The first-order valence-corrected chi connectivity index (χ1v) is 7.47. The summed E-state index contributed by atoms with van der Waals surface area (Å²) in [7, 11) is 0. The van der Waals surface area contributed by atoms with Gasteiger partial charge >= 0.3 is 5.97 Å². The molecule has 0 atom stereocenters. The van der Waals surface area contributed by atoms with Crippen molar-refractivity contribution in [2.24, 2.45) is 0 Å². The van der Waals surface area contributed by atoms with E-state index in [1.165, 1.54) is 11.8 Å². The zero-order chi connectivity index (χ0) is 15.1. The van der Waals surface area contributed by atoms with Gasteiger partial charge in [-0.25, -0.2) is 9.97 Å². The summed E-state index contributed by atoms with van der Waals surface area (Å²) >= 11 is 1.54. The van der Waals surface area contributed by atoms with Crippen LogP contribution in [0.4, 0.5) is 0 Å². The number of carboxylic acids is 1. The normalized spacial score (nSPS) is 10.3. The highest BCUT2D eigenvalue weighted by Crippen LogP contribution is 2.15. The molecule has 0 aliphatic carbocycles. The molecule has 1 aromatic carbocycles. The van der Waals surface area contributed by atoms with E-state index in [0.717, 1.165) is 27.8 Å². The molecular formula is C15H16N2O3S. The van der Waals surface area contributed by atoms with Gasteiger partial charge in [0.15, 0.2) is 5.16 Å². The van der Waals surface area contributed by atoms with Crippen molar-refractivity contribution < 1.29 is 14.6 Å². The number of hydrogen-bond acceptors (Lipinski definition) is 5. The predicted octanol–water partition coefficient (Wildman–Crippen LogP) is 2.58. The molecule has 1 aromatic heterocycles. The molecule has 21 heavy (non-hydrogen) atoms. The Balaban J connectivity index is 1.73. The van der Waals surface area contributed by atoms with E-state index in [-0.39, 0.29) is 6.42 Å². The van der Waals surface area contributed by atoms with Crippen LogP contribution < -0.4 is 4.74 Å². The first kappa shape index (κ1) is 15.3. The number of hydrogen-bond donors (Lipinski definition) is 1. The molecule has 0 saturated heterocycles. The quantitative estimate of drug-likeness (QED) is 0.481. The molecule has 0 unspecified atom stereocenters. The number of aliphatic carboxylic acids is 1. The van der Waals surface area contributed by atoms with Gasteiger partial charge in [-0.1, -0.05) is 23.9 Å². The van der Waals surface area contributed by atoms with Crippen LogP contribution in [0.25, 0.3) is 0 Å². The van der Waals surface area contributed by atoms with Crippen LogP contribution in [0.1, 0.15) is 11.1 Å². The Labute approximate surface area is 127 Å². The monoisotopic (exact) mass is 304 g/mol. The number of carbonyl (C=O) groups is 1. The molecule has 2 rings (SSSR count). The van der Waals surface area contributed by atoms with E-state index in [1.54, 1.807) is 36.7 Å². The summed E-state index contributed by atoms with van der Waals surface area (Å²) in [6.45, 7) is 2.49. The second kappa shape index (κ2) is 7.64. The maximum atomic E-state index is 10.6. The minimum atomic E-state index is -0.835. The van der Waals surface area contributed by atoms with E-state index >= 15 is 0 Å². The third-order valence-electron chi connectivity index (χ3n) is 2.62. The van der Waals surface area contributed by atoms with Crippen molar-refractivity contribution in [3.05, 3.63) is 47.8 Å². The molecule has 5 nitrogen and oxygen atoms in total. The zero-order valence-electron chi connectivity index (χ0n) is 11.7. The SMILES string of the molecule is Cc1cnc(SCCOc2ccc(CC(=O)O)cc2)nc1. The molecule has 2 aromatic rings. The van der Waals surface area contributed by atoms with Crippen molar-refractivity contribution in [3.8, 4) is 5.75 Å². The van der Waals surface area contributed by atoms with Gasteiger partial charge in [0.2, 0.25) is 0 Å². The number of thioether (sulfide) groups is 1. The van der Waals surface area contributed by atoms with Crippen LogP contribution in [-0.2, 0) is 11.2 Å². The largest absolute Gasteiger partial charge is 0.493 e. The lowest BCUT2D eigenvalue weighted by Gasteiger charge is -2.06. The maximum absolute atomic E-state index is 10.6. The zero-order valence-corrected chi connectivity index (χ0v) is 12.5. The fourth-order valence-electron chi connectivity index (χ4n) is 1.63. The van der Waals surface area contributed by atoms with Gasteiger partial charge in [-0.3, -0.25) is 4.79 Å². The summed E-state index contributed by atoms with van der Waals surface area (Å²) in [4.78, 5) is 19.0. The lowest BCUT2D eigenvalue weighted by molar-refractivity contribution is -0.136. The third kappa shape index (κ3) is 5.43. The number of aromatic nitrogens is 2. The summed E-state index contributed by atoms with van der Waals surface area (Å²) in [5, 5.41) is 9.43. The smallest absolute Gasteiger partial charge is 0.307 e. The van der Waals surface area contributed by atoms with Crippen molar-refractivity contribution >= 4 is 17.7 Å². The maximum Gasteiger partial charge on any atom is 0.307 e. The van der Waals surface area contributed by atoms with Gasteiger partial charge < -0.3 is 9.84 Å². The highest BCUT2D eigenvalue weighted by Gasteiger charge is 2.01. The highest BCUT2D eigenvalue weighted by molar-refractivity contribution is 7.99. The summed E-state index contributed by atoms with van der Waals surface area (Å²) in [6.07, 6.45) is 3.61. The second-order valence-electron chi connectivity index (χ2n) is 4.45. The first-order valence-electron chi connectivity index (χ1n) is 6.48. The van der Waals surface area contributed by atoms with Gasteiger partial charge in [-0.05, 0) is 30.2 Å².